The summed E-state index contributed by atoms with van der Waals surface area (Å²) in [6.45, 7) is 0. The van der Waals surface area contributed by atoms with Crippen LogP contribution in [0.2, 0.25) is 0 Å². The van der Waals surface area contributed by atoms with Crippen molar-refractivity contribution in [1.29, 1.82) is 0 Å². The summed E-state index contributed by atoms with van der Waals surface area (Å²) < 4.78 is 0.497. The van der Waals surface area contributed by atoms with Crippen LogP contribution in [0.5, 0.6) is 0 Å². The van der Waals surface area contributed by atoms with Crippen molar-refractivity contribution >= 4 is 95.8 Å². The maximum absolute atomic E-state index is 12.0. The summed E-state index contributed by atoms with van der Waals surface area (Å²) in [4.78, 5) is 24.1. The van der Waals surface area contributed by atoms with Crippen LogP contribution in [0.15, 0.2) is 69.1 Å². The van der Waals surface area contributed by atoms with Crippen molar-refractivity contribution < 1.29 is 48.6 Å². The molecule has 0 spiro atoms. The molecule has 2 aromatic carbocycles. The predicted octanol–water partition coefficient (Wildman–Crippen LogP) is 8.36. The molecule has 2 aromatic rings. The van der Waals surface area contributed by atoms with Gasteiger partial charge in [0.15, 0.2) is 0 Å². The Morgan fingerprint density at radius 2 is 0.784 bits per heavy atom. The Balaban J connectivity index is -0.000000637. The van der Waals surface area contributed by atoms with Crippen LogP contribution in [-0.2, 0) is 91.3 Å². The van der Waals surface area contributed by atoms with Crippen LogP contribution in [-0.4, -0.2) is 10.2 Å². The number of rotatable bonds is 4. The molecule has 4 rings (SSSR count). The van der Waals surface area contributed by atoms with Gasteiger partial charge >= 0.3 is 27.8 Å². The van der Waals surface area contributed by atoms with Gasteiger partial charge in [0.2, 0.25) is 10.2 Å². The first-order chi connectivity index (χ1) is 16.6. The van der Waals surface area contributed by atoms with Crippen LogP contribution < -0.4 is 0 Å². The molecule has 0 radical (unpaired) electrons. The summed E-state index contributed by atoms with van der Waals surface area (Å²) in [7, 11) is 4.09. The number of hydrogen-bond donors (Lipinski definition) is 0. The number of thiol groups is 2. The van der Waals surface area contributed by atoms with Crippen molar-refractivity contribution in [3.05, 3.63) is 80.3 Å². The minimum absolute atomic E-state index is 0. The van der Waals surface area contributed by atoms with Crippen molar-refractivity contribution in [1.82, 2.24) is 0 Å². The molecule has 206 valence electrons. The molecule has 2 aliphatic carbocycles. The first kappa shape index (κ1) is 42.4. The van der Waals surface area contributed by atoms with Gasteiger partial charge in [0.1, 0.15) is 0 Å². The van der Waals surface area contributed by atoms with E-state index < -0.39 is 0 Å². The van der Waals surface area contributed by atoms with Crippen LogP contribution in [0.25, 0.3) is 0 Å². The average Bonchev–Trinajstić information content (AvgIpc) is 3.66. The van der Waals surface area contributed by atoms with Gasteiger partial charge in [0.05, 0.1) is 0 Å². The maximum atomic E-state index is 12.0. The van der Waals surface area contributed by atoms with Gasteiger partial charge in [-0.25, -0.2) is 0 Å². The molecule has 0 saturated heterocycles. The summed E-state index contributed by atoms with van der Waals surface area (Å²) >= 11 is 13.6. The molecule has 0 aromatic heterocycles. The molecular formula is C26H32Mo2O2S7-4. The second kappa shape index (κ2) is 28.5. The van der Waals surface area contributed by atoms with Gasteiger partial charge < -0.3 is 52.2 Å². The third-order valence-electron chi connectivity index (χ3n) is 5.06. The minimum atomic E-state index is -0.180. The average molecular weight is 793 g/mol. The Kier molecular flexibility index (Phi) is 32.7. The molecule has 11 heteroatoms. The molecule has 0 bridgehead atoms. The molecule has 0 aliphatic heterocycles. The van der Waals surface area contributed by atoms with Crippen LogP contribution in [0.3, 0.4) is 0 Å². The normalized spacial score (nSPS) is 13.5. The van der Waals surface area contributed by atoms with Gasteiger partial charge in [0, 0.05) is 32.2 Å². The van der Waals surface area contributed by atoms with Crippen molar-refractivity contribution in [2.75, 3.05) is 0 Å². The van der Waals surface area contributed by atoms with E-state index in [1.807, 2.05) is 12.1 Å². The van der Waals surface area contributed by atoms with E-state index in [0.717, 1.165) is 23.5 Å². The third kappa shape index (κ3) is 20.5. The number of hydrogen-bond acceptors (Lipinski definition) is 9. The second-order valence-corrected chi connectivity index (χ2v) is 10.9. The molecular weight excluding hydrogens is 761 g/mol. The van der Waals surface area contributed by atoms with Crippen molar-refractivity contribution in [2.45, 2.75) is 64.2 Å². The molecule has 2 aliphatic rings. The Morgan fingerprint density at radius 3 is 1.00 bits per heavy atom. The summed E-state index contributed by atoms with van der Waals surface area (Å²) in [5, 5.41) is -0.360. The molecule has 0 atom stereocenters. The van der Waals surface area contributed by atoms with Crippen molar-refractivity contribution in [3.8, 4) is 0 Å². The van der Waals surface area contributed by atoms with Gasteiger partial charge in [-0.15, -0.1) is 8.47 Å². The molecule has 2 saturated carbocycles. The third-order valence-corrected chi connectivity index (χ3v) is 8.10. The van der Waals surface area contributed by atoms with E-state index in [-0.39, 0.29) is 66.8 Å². The molecule has 2 fully saturated rings. The molecule has 0 amide bonds. The zero-order valence-corrected chi connectivity index (χ0v) is 30.3. The monoisotopic (exact) mass is 796 g/mol. The first-order valence-corrected chi connectivity index (χ1v) is 16.6. The topological polar surface area (TPSA) is 34.1 Å². The zero-order valence-electron chi connectivity index (χ0n) is 20.4. The van der Waals surface area contributed by atoms with E-state index in [1.54, 1.807) is 48.5 Å². The fourth-order valence-corrected chi connectivity index (χ4v) is 5.25. The van der Waals surface area contributed by atoms with Gasteiger partial charge in [-0.1, -0.05) is 148 Å². The Labute approximate surface area is 285 Å². The number of benzene rings is 2. The SMILES string of the molecule is C1CCCC1.C1CCCC1.O=C(S/C([S-])=C(/[S-])SC(=O)c1ccccc1)c1ccccc1.[Mo].[SH-].[SH-].[S]=[Mo]. The Bertz CT molecular complexity index is 790. The predicted molar refractivity (Wildman–Crippen MR) is 170 cm³/mol. The van der Waals surface area contributed by atoms with Crippen LogP contribution in [0, 0.1) is 0 Å². The van der Waals surface area contributed by atoms with E-state index in [0.29, 0.717) is 11.1 Å². The summed E-state index contributed by atoms with van der Waals surface area (Å²) in [6.07, 6.45) is 15.0. The van der Waals surface area contributed by atoms with E-state index in [4.69, 9.17) is 25.3 Å². The first-order valence-electron chi connectivity index (χ1n) is 11.4. The second-order valence-electron chi connectivity index (χ2n) is 7.62. The molecule has 37 heavy (non-hydrogen) atoms. The Morgan fingerprint density at radius 1 is 0.568 bits per heavy atom. The van der Waals surface area contributed by atoms with Crippen LogP contribution in [0.4, 0.5) is 0 Å². The molecule has 2 nitrogen and oxygen atoms in total. The quantitative estimate of drug-likeness (QED) is 0.173. The summed E-state index contributed by atoms with van der Waals surface area (Å²) in [6, 6.07) is 17.6. The standard InChI is InChI=1S/C16H12O2S4.2C5H10.2Mo.2H2S.S/c17-13(11-7-3-1-4-8-11)21-15(19)16(20)22-14(18)12-9-5-2-6-10-12;2*1-2-4-5-3-1;;;;;/h1-10,19-20H;2*1-5H2;;;2*1H2;/p-4/b16-15-;;;;;;;. The van der Waals surface area contributed by atoms with E-state index in [9.17, 15) is 9.59 Å². The number of carbonyl (C=O) groups excluding carboxylic acids is 2. The fourth-order valence-electron chi connectivity index (χ4n) is 3.29. The van der Waals surface area contributed by atoms with Crippen LogP contribution in [0.1, 0.15) is 84.9 Å². The van der Waals surface area contributed by atoms with Gasteiger partial charge in [0.25, 0.3) is 0 Å². The van der Waals surface area contributed by atoms with E-state index in [1.165, 1.54) is 82.2 Å². The number of carbonyl (C=O) groups is 2. The Hall–Kier alpha value is 0.957. The van der Waals surface area contributed by atoms with Gasteiger partial charge in [-0.3, -0.25) is 9.59 Å². The zero-order chi connectivity index (χ0) is 25.0. The summed E-state index contributed by atoms with van der Waals surface area (Å²) in [5.74, 6) is 0. The van der Waals surface area contributed by atoms with Crippen molar-refractivity contribution in [2.24, 2.45) is 0 Å². The van der Waals surface area contributed by atoms with Gasteiger partial charge in [-0.05, 0) is 0 Å². The van der Waals surface area contributed by atoms with Crippen LogP contribution >= 0.6 is 33.3 Å². The van der Waals surface area contributed by atoms with Crippen molar-refractivity contribution in [3.63, 3.8) is 0 Å². The van der Waals surface area contributed by atoms with E-state index in [2.05, 4.69) is 9.82 Å². The summed E-state index contributed by atoms with van der Waals surface area (Å²) in [5.41, 5.74) is 1.11. The number of thioether (sulfide) groups is 2. The fraction of sp³-hybridized carbons (Fsp3) is 0.385. The van der Waals surface area contributed by atoms with Gasteiger partial charge in [-0.2, -0.15) is 0 Å². The molecule has 0 unspecified atom stereocenters. The molecule has 0 N–H and O–H groups in total. The van der Waals surface area contributed by atoms with E-state index >= 15 is 0 Å². The molecule has 0 heterocycles.